The summed E-state index contributed by atoms with van der Waals surface area (Å²) < 4.78 is 0.403. The smallest absolute Gasteiger partial charge is 0.322 e. The molecule has 1 heterocycles. The highest BCUT2D eigenvalue weighted by molar-refractivity contribution is 7.71. The molecule has 0 fully saturated rings. The number of rotatable bonds is 3. The van der Waals surface area contributed by atoms with Crippen molar-refractivity contribution >= 4 is 35.0 Å². The van der Waals surface area contributed by atoms with E-state index in [9.17, 15) is 4.79 Å². The number of para-hydroxylation sites is 2. The van der Waals surface area contributed by atoms with Crippen molar-refractivity contribution in [2.45, 2.75) is 0 Å². The number of H-pyrrole nitrogens is 1. The normalized spacial score (nSPS) is 10.2. The third kappa shape index (κ3) is 2.17. The first kappa shape index (κ1) is 10.6. The number of aromatic amines is 1. The van der Waals surface area contributed by atoms with Crippen molar-refractivity contribution in [3.8, 4) is 0 Å². The highest BCUT2D eigenvalue weighted by Gasteiger charge is 2.02. The van der Waals surface area contributed by atoms with E-state index in [0.717, 1.165) is 11.0 Å². The van der Waals surface area contributed by atoms with E-state index >= 15 is 0 Å². The van der Waals surface area contributed by atoms with E-state index in [0.29, 0.717) is 10.5 Å². The van der Waals surface area contributed by atoms with Crippen LogP contribution in [0.4, 0.5) is 5.82 Å². The number of aromatic nitrogens is 2. The first-order chi connectivity index (χ1) is 7.66. The molecule has 0 aliphatic carbocycles. The van der Waals surface area contributed by atoms with Crippen molar-refractivity contribution in [2.24, 2.45) is 0 Å². The molecule has 5 nitrogen and oxygen atoms in total. The number of carboxylic acids is 1. The van der Waals surface area contributed by atoms with Gasteiger partial charge in [0.2, 0.25) is 0 Å². The standard InChI is InChI=1S/C10H9N3O2S/c14-8(15)5-11-9-10(16)13-7-4-2-1-3-6(7)12-9/h1-4H,5H2,(H,11,12)(H,13,16)(H,14,15). The summed E-state index contributed by atoms with van der Waals surface area (Å²) in [6.07, 6.45) is 0. The van der Waals surface area contributed by atoms with Gasteiger partial charge in [-0.1, -0.05) is 24.4 Å². The van der Waals surface area contributed by atoms with Gasteiger partial charge in [-0.3, -0.25) is 4.79 Å². The maximum Gasteiger partial charge on any atom is 0.322 e. The lowest BCUT2D eigenvalue weighted by molar-refractivity contribution is -0.134. The second-order valence-electron chi connectivity index (χ2n) is 3.18. The van der Waals surface area contributed by atoms with E-state index in [1.165, 1.54) is 0 Å². The van der Waals surface area contributed by atoms with Crippen LogP contribution in [0.3, 0.4) is 0 Å². The van der Waals surface area contributed by atoms with Crippen LogP contribution in [0.15, 0.2) is 24.3 Å². The van der Waals surface area contributed by atoms with E-state index in [1.807, 2.05) is 24.3 Å². The Morgan fingerprint density at radius 2 is 2.25 bits per heavy atom. The Hall–Kier alpha value is -1.95. The van der Waals surface area contributed by atoms with Gasteiger partial charge in [-0.15, -0.1) is 0 Å². The molecule has 0 radical (unpaired) electrons. The molecular weight excluding hydrogens is 226 g/mol. The van der Waals surface area contributed by atoms with Gasteiger partial charge in [0.05, 0.1) is 11.0 Å². The largest absolute Gasteiger partial charge is 0.480 e. The van der Waals surface area contributed by atoms with Crippen molar-refractivity contribution in [1.82, 2.24) is 9.97 Å². The number of hydrogen-bond acceptors (Lipinski definition) is 4. The van der Waals surface area contributed by atoms with Gasteiger partial charge in [0.15, 0.2) is 5.82 Å². The number of carboxylic acid groups (broad SMARTS) is 1. The van der Waals surface area contributed by atoms with Crippen molar-refractivity contribution in [3.05, 3.63) is 28.9 Å². The average molecular weight is 235 g/mol. The fraction of sp³-hybridized carbons (Fsp3) is 0.100. The van der Waals surface area contributed by atoms with E-state index in [4.69, 9.17) is 17.3 Å². The van der Waals surface area contributed by atoms with Crippen LogP contribution >= 0.6 is 12.2 Å². The predicted molar refractivity (Wildman–Crippen MR) is 63.1 cm³/mol. The van der Waals surface area contributed by atoms with Crippen LogP contribution in [-0.4, -0.2) is 27.6 Å². The SMILES string of the molecule is O=C(O)CNc1nc2ccccc2[nH]c1=S. The average Bonchev–Trinajstić information content (AvgIpc) is 2.26. The Labute approximate surface area is 96.1 Å². The van der Waals surface area contributed by atoms with Gasteiger partial charge in [-0.2, -0.15) is 0 Å². The monoisotopic (exact) mass is 235 g/mol. The minimum atomic E-state index is -0.954. The zero-order valence-electron chi connectivity index (χ0n) is 8.23. The minimum absolute atomic E-state index is 0.206. The Morgan fingerprint density at radius 1 is 1.50 bits per heavy atom. The number of nitrogens with one attached hydrogen (secondary N) is 2. The second-order valence-corrected chi connectivity index (χ2v) is 3.59. The molecule has 16 heavy (non-hydrogen) atoms. The minimum Gasteiger partial charge on any atom is -0.480 e. The molecule has 6 heteroatoms. The molecule has 82 valence electrons. The lowest BCUT2D eigenvalue weighted by Crippen LogP contribution is -2.13. The second kappa shape index (κ2) is 4.28. The van der Waals surface area contributed by atoms with Crippen molar-refractivity contribution in [2.75, 3.05) is 11.9 Å². The summed E-state index contributed by atoms with van der Waals surface area (Å²) in [5, 5.41) is 11.2. The van der Waals surface area contributed by atoms with E-state index < -0.39 is 5.97 Å². The van der Waals surface area contributed by atoms with Gasteiger partial charge < -0.3 is 15.4 Å². The highest BCUT2D eigenvalue weighted by atomic mass is 32.1. The van der Waals surface area contributed by atoms with Gasteiger partial charge in [-0.25, -0.2) is 4.98 Å². The molecule has 0 bridgehead atoms. The molecule has 1 aromatic carbocycles. The molecule has 0 spiro atoms. The molecule has 0 amide bonds. The van der Waals surface area contributed by atoms with Crippen molar-refractivity contribution in [1.29, 1.82) is 0 Å². The van der Waals surface area contributed by atoms with Crippen LogP contribution < -0.4 is 5.32 Å². The highest BCUT2D eigenvalue weighted by Crippen LogP contribution is 2.12. The van der Waals surface area contributed by atoms with E-state index in [1.54, 1.807) is 0 Å². The number of nitrogens with zero attached hydrogens (tertiary/aromatic N) is 1. The quantitative estimate of drug-likeness (QED) is 0.707. The van der Waals surface area contributed by atoms with Crippen LogP contribution in [0.2, 0.25) is 0 Å². The zero-order valence-corrected chi connectivity index (χ0v) is 9.04. The molecule has 0 saturated carbocycles. The van der Waals surface area contributed by atoms with Gasteiger partial charge in [-0.05, 0) is 12.1 Å². The van der Waals surface area contributed by atoms with Gasteiger partial charge >= 0.3 is 5.97 Å². The van der Waals surface area contributed by atoms with E-state index in [2.05, 4.69) is 15.3 Å². The molecule has 0 atom stereocenters. The predicted octanol–water partition coefficient (Wildman–Crippen LogP) is 1.79. The van der Waals surface area contributed by atoms with Crippen LogP contribution in [0.1, 0.15) is 0 Å². The Morgan fingerprint density at radius 3 is 3.00 bits per heavy atom. The van der Waals surface area contributed by atoms with Gasteiger partial charge in [0, 0.05) is 0 Å². The molecule has 2 aromatic rings. The molecular formula is C10H9N3O2S. The first-order valence-corrected chi connectivity index (χ1v) is 5.02. The number of fused-ring (bicyclic) bond motifs is 1. The van der Waals surface area contributed by atoms with Crippen molar-refractivity contribution in [3.63, 3.8) is 0 Å². The molecule has 3 N–H and O–H groups in total. The lowest BCUT2D eigenvalue weighted by Gasteiger charge is -2.04. The van der Waals surface area contributed by atoms with Crippen LogP contribution in [0, 0.1) is 4.64 Å². The lowest BCUT2D eigenvalue weighted by atomic mass is 10.3. The molecule has 0 saturated heterocycles. The van der Waals surface area contributed by atoms with Crippen LogP contribution in [-0.2, 0) is 4.79 Å². The summed E-state index contributed by atoms with van der Waals surface area (Å²) >= 11 is 5.06. The summed E-state index contributed by atoms with van der Waals surface area (Å²) in [6, 6.07) is 7.42. The summed E-state index contributed by atoms with van der Waals surface area (Å²) in [5.41, 5.74) is 1.57. The summed E-state index contributed by atoms with van der Waals surface area (Å²) in [5.74, 6) is -0.569. The van der Waals surface area contributed by atoms with Crippen LogP contribution in [0.5, 0.6) is 0 Å². The fourth-order valence-electron chi connectivity index (χ4n) is 1.31. The molecule has 1 aromatic heterocycles. The van der Waals surface area contributed by atoms with Crippen LogP contribution in [0.25, 0.3) is 11.0 Å². The number of aliphatic carboxylic acids is 1. The Bertz CT molecular complexity index is 594. The molecule has 0 aliphatic rings. The number of benzene rings is 1. The Balaban J connectivity index is 2.42. The number of anilines is 1. The summed E-state index contributed by atoms with van der Waals surface area (Å²) in [7, 11) is 0. The maximum atomic E-state index is 10.4. The summed E-state index contributed by atoms with van der Waals surface area (Å²) in [4.78, 5) is 17.6. The molecule has 2 rings (SSSR count). The number of hydrogen-bond donors (Lipinski definition) is 3. The Kier molecular flexibility index (Phi) is 2.82. The molecule has 0 aliphatic heterocycles. The van der Waals surface area contributed by atoms with E-state index in [-0.39, 0.29) is 6.54 Å². The molecule has 0 unspecified atom stereocenters. The summed E-state index contributed by atoms with van der Waals surface area (Å²) in [6.45, 7) is -0.206. The third-order valence-electron chi connectivity index (χ3n) is 2.01. The fourth-order valence-corrected chi connectivity index (χ4v) is 1.54. The number of carbonyl (C=O) groups is 1. The first-order valence-electron chi connectivity index (χ1n) is 4.61. The topological polar surface area (TPSA) is 78.0 Å². The van der Waals surface area contributed by atoms with Gasteiger partial charge in [0.1, 0.15) is 11.2 Å². The third-order valence-corrected chi connectivity index (χ3v) is 2.30. The van der Waals surface area contributed by atoms with Gasteiger partial charge in [0.25, 0.3) is 0 Å². The zero-order chi connectivity index (χ0) is 11.5. The van der Waals surface area contributed by atoms with Crippen molar-refractivity contribution < 1.29 is 9.90 Å². The maximum absolute atomic E-state index is 10.4.